The van der Waals surface area contributed by atoms with E-state index in [1.54, 1.807) is 6.07 Å². The fourth-order valence-corrected chi connectivity index (χ4v) is 2.75. The fourth-order valence-electron chi connectivity index (χ4n) is 2.75. The summed E-state index contributed by atoms with van der Waals surface area (Å²) in [7, 11) is 2.12. The molecule has 5 nitrogen and oxygen atoms in total. The molecule has 21 heavy (non-hydrogen) atoms. The van der Waals surface area contributed by atoms with Gasteiger partial charge in [-0.25, -0.2) is 4.98 Å². The molecule has 2 N–H and O–H groups in total. The van der Waals surface area contributed by atoms with Crippen molar-refractivity contribution in [3.8, 4) is 0 Å². The topological polar surface area (TPSA) is 62.5 Å². The zero-order valence-corrected chi connectivity index (χ0v) is 13.5. The van der Waals surface area contributed by atoms with Crippen molar-refractivity contribution in [3.63, 3.8) is 0 Å². The number of likely N-dealkylation sites (N-methyl/N-ethyl adjacent to an activating group) is 1. The maximum absolute atomic E-state index is 12.7. The number of nitrogens with two attached hydrogens (primary N) is 1. The molecule has 1 saturated heterocycles. The van der Waals surface area contributed by atoms with Crippen molar-refractivity contribution < 1.29 is 4.79 Å². The Morgan fingerprint density at radius 3 is 2.76 bits per heavy atom. The number of hydrogen-bond acceptors (Lipinski definition) is 4. The fraction of sp³-hybridized carbons (Fsp3) is 0.625. The van der Waals surface area contributed by atoms with Crippen LogP contribution in [0.15, 0.2) is 12.1 Å². The Kier molecular flexibility index (Phi) is 4.83. The minimum absolute atomic E-state index is 0.0672. The van der Waals surface area contributed by atoms with Gasteiger partial charge >= 0.3 is 0 Å². The zero-order valence-electron chi connectivity index (χ0n) is 13.5. The first-order chi connectivity index (χ1) is 9.92. The largest absolute Gasteiger partial charge is 0.384 e. The van der Waals surface area contributed by atoms with Crippen LogP contribution in [0.5, 0.6) is 0 Å². The van der Waals surface area contributed by atoms with Gasteiger partial charge in [0.25, 0.3) is 5.91 Å². The Morgan fingerprint density at radius 2 is 2.14 bits per heavy atom. The first kappa shape index (κ1) is 15.8. The van der Waals surface area contributed by atoms with E-state index in [9.17, 15) is 4.79 Å². The van der Waals surface area contributed by atoms with Gasteiger partial charge in [-0.1, -0.05) is 20.8 Å². The number of carbonyl (C=O) groups is 1. The first-order valence-corrected chi connectivity index (χ1v) is 7.69. The van der Waals surface area contributed by atoms with Crippen molar-refractivity contribution in [3.05, 3.63) is 23.4 Å². The van der Waals surface area contributed by atoms with E-state index in [0.717, 1.165) is 31.7 Å². The van der Waals surface area contributed by atoms with Gasteiger partial charge in [-0.3, -0.25) is 9.69 Å². The molecule has 2 rings (SSSR count). The van der Waals surface area contributed by atoms with Crippen LogP contribution in [0.25, 0.3) is 0 Å². The van der Waals surface area contributed by atoms with E-state index in [4.69, 9.17) is 5.73 Å². The second-order valence-corrected chi connectivity index (χ2v) is 6.15. The van der Waals surface area contributed by atoms with Gasteiger partial charge in [-0.2, -0.15) is 0 Å². The smallest absolute Gasteiger partial charge is 0.254 e. The quantitative estimate of drug-likeness (QED) is 0.924. The lowest BCUT2D eigenvalue weighted by Gasteiger charge is -2.39. The van der Waals surface area contributed by atoms with Crippen LogP contribution in [0, 0.1) is 0 Å². The van der Waals surface area contributed by atoms with Crippen molar-refractivity contribution >= 4 is 11.7 Å². The summed E-state index contributed by atoms with van der Waals surface area (Å²) in [6.07, 6.45) is 1.05. The van der Waals surface area contributed by atoms with Gasteiger partial charge in [0.05, 0.1) is 0 Å². The van der Waals surface area contributed by atoms with E-state index in [1.807, 2.05) is 11.0 Å². The van der Waals surface area contributed by atoms with E-state index in [1.165, 1.54) is 0 Å². The molecule has 1 unspecified atom stereocenters. The van der Waals surface area contributed by atoms with Crippen LogP contribution < -0.4 is 5.73 Å². The number of piperazine rings is 1. The molecular weight excluding hydrogens is 264 g/mol. The molecule has 2 heterocycles. The summed E-state index contributed by atoms with van der Waals surface area (Å²) < 4.78 is 0. The first-order valence-electron chi connectivity index (χ1n) is 7.69. The monoisotopic (exact) mass is 290 g/mol. The molecule has 0 spiro atoms. The summed E-state index contributed by atoms with van der Waals surface area (Å²) >= 11 is 0. The third-order valence-electron chi connectivity index (χ3n) is 4.24. The molecule has 0 radical (unpaired) electrons. The Labute approximate surface area is 127 Å². The average Bonchev–Trinajstić information content (AvgIpc) is 2.46. The van der Waals surface area contributed by atoms with E-state index < -0.39 is 0 Å². The van der Waals surface area contributed by atoms with E-state index in [-0.39, 0.29) is 11.8 Å². The maximum Gasteiger partial charge on any atom is 0.254 e. The molecule has 1 aliphatic rings. The number of pyridine rings is 1. The Hall–Kier alpha value is -1.62. The molecule has 0 aliphatic carbocycles. The number of aromatic nitrogens is 1. The van der Waals surface area contributed by atoms with Crippen LogP contribution in [0.4, 0.5) is 5.82 Å². The SMILES string of the molecule is CCC1CN(C(=O)c2cc(N)nc(C(C)C)c2)CCN1C. The van der Waals surface area contributed by atoms with Gasteiger partial charge < -0.3 is 10.6 Å². The number of rotatable bonds is 3. The summed E-state index contributed by atoms with van der Waals surface area (Å²) in [5.74, 6) is 0.749. The normalized spacial score (nSPS) is 20.0. The van der Waals surface area contributed by atoms with Crippen molar-refractivity contribution in [2.24, 2.45) is 0 Å². The molecule has 1 atom stereocenters. The molecule has 5 heteroatoms. The molecule has 0 aromatic carbocycles. The molecule has 0 bridgehead atoms. The van der Waals surface area contributed by atoms with E-state index >= 15 is 0 Å². The Bertz CT molecular complexity index is 515. The van der Waals surface area contributed by atoms with Crippen molar-refractivity contribution in [2.45, 2.75) is 39.2 Å². The zero-order chi connectivity index (χ0) is 15.6. The lowest BCUT2D eigenvalue weighted by Crippen LogP contribution is -2.53. The van der Waals surface area contributed by atoms with Crippen LogP contribution in [0.3, 0.4) is 0 Å². The number of carbonyl (C=O) groups excluding carboxylic acids is 1. The average molecular weight is 290 g/mol. The highest BCUT2D eigenvalue weighted by atomic mass is 16.2. The Morgan fingerprint density at radius 1 is 1.43 bits per heavy atom. The van der Waals surface area contributed by atoms with Crippen LogP contribution in [-0.2, 0) is 0 Å². The van der Waals surface area contributed by atoms with Gasteiger partial charge in [-0.15, -0.1) is 0 Å². The lowest BCUT2D eigenvalue weighted by molar-refractivity contribution is 0.0541. The summed E-state index contributed by atoms with van der Waals surface area (Å²) in [6, 6.07) is 4.00. The van der Waals surface area contributed by atoms with Crippen LogP contribution in [0.1, 0.15) is 49.2 Å². The molecular formula is C16H26N4O. The highest BCUT2D eigenvalue weighted by molar-refractivity contribution is 5.95. The number of nitrogen functional groups attached to an aromatic ring is 1. The predicted octanol–water partition coefficient (Wildman–Crippen LogP) is 1.95. The number of nitrogens with zero attached hydrogens (tertiary/aromatic N) is 3. The highest BCUT2D eigenvalue weighted by Gasteiger charge is 2.27. The maximum atomic E-state index is 12.7. The summed E-state index contributed by atoms with van der Waals surface area (Å²) in [5, 5.41) is 0. The van der Waals surface area contributed by atoms with Crippen LogP contribution in [0.2, 0.25) is 0 Å². The molecule has 1 aliphatic heterocycles. The Balaban J connectivity index is 2.20. The van der Waals surface area contributed by atoms with Crippen molar-refractivity contribution in [1.82, 2.24) is 14.8 Å². The van der Waals surface area contributed by atoms with Crippen LogP contribution in [-0.4, -0.2) is 53.4 Å². The molecule has 116 valence electrons. The molecule has 0 saturated carbocycles. The molecule has 1 aromatic heterocycles. The van der Waals surface area contributed by atoms with E-state index in [0.29, 0.717) is 17.4 Å². The number of anilines is 1. The predicted molar refractivity (Wildman–Crippen MR) is 85.4 cm³/mol. The second kappa shape index (κ2) is 6.43. The number of hydrogen-bond donors (Lipinski definition) is 1. The van der Waals surface area contributed by atoms with Gasteiger partial charge in [0, 0.05) is 36.9 Å². The molecule has 1 fully saturated rings. The minimum Gasteiger partial charge on any atom is -0.384 e. The van der Waals surface area contributed by atoms with Gasteiger partial charge in [0.2, 0.25) is 0 Å². The third kappa shape index (κ3) is 3.53. The minimum atomic E-state index is 0.0672. The summed E-state index contributed by atoms with van der Waals surface area (Å²) in [5.41, 5.74) is 7.38. The van der Waals surface area contributed by atoms with Crippen molar-refractivity contribution in [1.29, 1.82) is 0 Å². The highest BCUT2D eigenvalue weighted by Crippen LogP contribution is 2.19. The lowest BCUT2D eigenvalue weighted by atomic mass is 10.1. The van der Waals surface area contributed by atoms with Gasteiger partial charge in [0.15, 0.2) is 0 Å². The van der Waals surface area contributed by atoms with Crippen LogP contribution >= 0.6 is 0 Å². The summed E-state index contributed by atoms with van der Waals surface area (Å²) in [6.45, 7) is 8.74. The van der Waals surface area contributed by atoms with Gasteiger partial charge in [0.1, 0.15) is 5.82 Å². The molecule has 1 aromatic rings. The number of amides is 1. The molecule has 1 amide bonds. The second-order valence-electron chi connectivity index (χ2n) is 6.15. The van der Waals surface area contributed by atoms with Gasteiger partial charge in [-0.05, 0) is 31.5 Å². The van der Waals surface area contributed by atoms with E-state index in [2.05, 4.69) is 37.7 Å². The standard InChI is InChI=1S/C16H26N4O/c1-5-13-10-20(7-6-19(13)4)16(21)12-8-14(11(2)3)18-15(17)9-12/h8-9,11,13H,5-7,10H2,1-4H3,(H2,17,18). The third-order valence-corrected chi connectivity index (χ3v) is 4.24. The van der Waals surface area contributed by atoms with Crippen molar-refractivity contribution in [2.75, 3.05) is 32.4 Å². The summed E-state index contributed by atoms with van der Waals surface area (Å²) in [4.78, 5) is 21.3.